The van der Waals surface area contributed by atoms with Crippen molar-refractivity contribution in [2.45, 2.75) is 27.2 Å². The van der Waals surface area contributed by atoms with Crippen LogP contribution in [-0.4, -0.2) is 24.0 Å². The number of fused-ring (bicyclic) bond motifs is 2. The number of nitrogens with zero attached hydrogens (tertiary/aromatic N) is 2. The topological polar surface area (TPSA) is 45.2 Å². The summed E-state index contributed by atoms with van der Waals surface area (Å²) in [5, 5.41) is 4.03. The van der Waals surface area contributed by atoms with Gasteiger partial charge < -0.3 is 10.2 Å². The van der Waals surface area contributed by atoms with Crippen LogP contribution in [0.2, 0.25) is 0 Å². The van der Waals surface area contributed by atoms with Crippen molar-refractivity contribution in [1.82, 2.24) is 4.98 Å². The first-order chi connectivity index (χ1) is 12.5. The molecule has 1 aliphatic heterocycles. The molecular formula is C22H23N3O. The fourth-order valence-corrected chi connectivity index (χ4v) is 3.65. The summed E-state index contributed by atoms with van der Waals surface area (Å²) in [6, 6.07) is 14.2. The van der Waals surface area contributed by atoms with Crippen molar-refractivity contribution in [3.05, 3.63) is 64.8 Å². The highest BCUT2D eigenvalue weighted by molar-refractivity contribution is 6.07. The Bertz CT molecular complexity index is 1010. The molecule has 3 aromatic rings. The lowest BCUT2D eigenvalue weighted by Gasteiger charge is -2.17. The number of aryl methyl sites for hydroxylation is 2. The van der Waals surface area contributed by atoms with Crippen molar-refractivity contribution in [1.29, 1.82) is 0 Å². The van der Waals surface area contributed by atoms with E-state index in [0.717, 1.165) is 41.8 Å². The molecule has 4 heteroatoms. The van der Waals surface area contributed by atoms with Gasteiger partial charge in [-0.1, -0.05) is 18.2 Å². The van der Waals surface area contributed by atoms with Crippen molar-refractivity contribution in [3.8, 4) is 0 Å². The van der Waals surface area contributed by atoms with E-state index in [-0.39, 0.29) is 5.91 Å². The van der Waals surface area contributed by atoms with Gasteiger partial charge in [0.2, 0.25) is 0 Å². The normalized spacial score (nSPS) is 13.1. The van der Waals surface area contributed by atoms with Crippen LogP contribution < -0.4 is 10.2 Å². The van der Waals surface area contributed by atoms with Gasteiger partial charge in [0.25, 0.3) is 5.91 Å². The maximum absolute atomic E-state index is 12.8. The molecule has 2 heterocycles. The number of carbonyl (C=O) groups excluding carboxylic acids is 1. The average Bonchev–Trinajstić information content (AvgIpc) is 3.03. The Kier molecular flexibility index (Phi) is 4.11. The van der Waals surface area contributed by atoms with Gasteiger partial charge in [0.15, 0.2) is 0 Å². The molecule has 0 radical (unpaired) electrons. The average molecular weight is 345 g/mol. The summed E-state index contributed by atoms with van der Waals surface area (Å²) in [5.74, 6) is -0.113. The van der Waals surface area contributed by atoms with Gasteiger partial charge >= 0.3 is 0 Å². The minimum atomic E-state index is -0.113. The lowest BCUT2D eigenvalue weighted by atomic mass is 10.1. The fraction of sp³-hybridized carbons (Fsp3) is 0.273. The Hall–Kier alpha value is -2.88. The molecule has 4 rings (SSSR count). The second-order valence-corrected chi connectivity index (χ2v) is 6.94. The first kappa shape index (κ1) is 16.6. The van der Waals surface area contributed by atoms with E-state index >= 15 is 0 Å². The lowest BCUT2D eigenvalue weighted by Crippen LogP contribution is -2.19. The number of rotatable bonds is 3. The number of hydrogen-bond donors (Lipinski definition) is 1. The van der Waals surface area contributed by atoms with Crippen molar-refractivity contribution in [3.63, 3.8) is 0 Å². The number of aromatic nitrogens is 1. The van der Waals surface area contributed by atoms with Crippen LogP contribution >= 0.6 is 0 Å². The molecule has 0 spiro atoms. The molecule has 0 unspecified atom stereocenters. The minimum absolute atomic E-state index is 0.113. The van der Waals surface area contributed by atoms with Crippen LogP contribution in [0.3, 0.4) is 0 Å². The van der Waals surface area contributed by atoms with Crippen molar-refractivity contribution in [2.75, 3.05) is 23.3 Å². The van der Waals surface area contributed by atoms with Crippen LogP contribution in [0.1, 0.15) is 34.1 Å². The molecule has 4 nitrogen and oxygen atoms in total. The van der Waals surface area contributed by atoms with Gasteiger partial charge in [-0.2, -0.15) is 0 Å². The van der Waals surface area contributed by atoms with E-state index in [4.69, 9.17) is 0 Å². The third-order valence-corrected chi connectivity index (χ3v) is 5.12. The molecule has 0 aliphatic carbocycles. The molecule has 0 saturated carbocycles. The number of nitrogens with one attached hydrogen (secondary N) is 1. The quantitative estimate of drug-likeness (QED) is 0.761. The number of amides is 1. The lowest BCUT2D eigenvalue weighted by molar-refractivity contribution is 0.102. The van der Waals surface area contributed by atoms with Crippen molar-refractivity contribution >= 4 is 28.2 Å². The molecular weight excluding hydrogens is 322 g/mol. The molecule has 1 aliphatic rings. The van der Waals surface area contributed by atoms with Crippen molar-refractivity contribution < 1.29 is 4.79 Å². The standard InChI is InChI=1S/C22H23N3O/c1-4-25-10-9-16-7-8-18(13-21(16)25)24-22(26)19-12-17-6-5-14(2)11-20(17)23-15(19)3/h5-8,11-13H,4,9-10H2,1-3H3,(H,24,26). The van der Waals surface area contributed by atoms with Crippen LogP contribution in [0.15, 0.2) is 42.5 Å². The van der Waals surface area contributed by atoms with Crippen LogP contribution in [0, 0.1) is 13.8 Å². The summed E-state index contributed by atoms with van der Waals surface area (Å²) in [7, 11) is 0. The predicted octanol–water partition coefficient (Wildman–Crippen LogP) is 4.49. The number of pyridine rings is 1. The summed E-state index contributed by atoms with van der Waals surface area (Å²) in [6.45, 7) is 8.13. The van der Waals surface area contributed by atoms with Gasteiger partial charge in [-0.3, -0.25) is 9.78 Å². The Morgan fingerprint density at radius 2 is 2.00 bits per heavy atom. The second-order valence-electron chi connectivity index (χ2n) is 6.94. The number of benzene rings is 2. The largest absolute Gasteiger partial charge is 0.371 e. The number of carbonyl (C=O) groups is 1. The number of likely N-dealkylation sites (N-methyl/N-ethyl adjacent to an activating group) is 1. The molecule has 1 aromatic heterocycles. The van der Waals surface area contributed by atoms with E-state index in [2.05, 4.69) is 34.3 Å². The van der Waals surface area contributed by atoms with Crippen LogP contribution in [0.25, 0.3) is 10.9 Å². The molecule has 0 atom stereocenters. The highest BCUT2D eigenvalue weighted by Gasteiger charge is 2.19. The third kappa shape index (κ3) is 2.92. The Labute approximate surface area is 153 Å². The fourth-order valence-electron chi connectivity index (χ4n) is 3.65. The molecule has 2 aromatic carbocycles. The summed E-state index contributed by atoms with van der Waals surface area (Å²) < 4.78 is 0. The maximum Gasteiger partial charge on any atom is 0.257 e. The Morgan fingerprint density at radius 3 is 2.81 bits per heavy atom. The molecule has 1 N–H and O–H groups in total. The first-order valence-corrected chi connectivity index (χ1v) is 9.12. The predicted molar refractivity (Wildman–Crippen MR) is 107 cm³/mol. The van der Waals surface area contributed by atoms with E-state index in [1.165, 1.54) is 16.8 Å². The molecule has 0 saturated heterocycles. The van der Waals surface area contributed by atoms with Gasteiger partial charge in [-0.05, 0) is 62.6 Å². The summed E-state index contributed by atoms with van der Waals surface area (Å²) >= 11 is 0. The van der Waals surface area contributed by atoms with Gasteiger partial charge in [-0.25, -0.2) is 0 Å². The van der Waals surface area contributed by atoms with Crippen molar-refractivity contribution in [2.24, 2.45) is 0 Å². The Balaban J connectivity index is 1.64. The smallest absolute Gasteiger partial charge is 0.257 e. The molecule has 0 bridgehead atoms. The third-order valence-electron chi connectivity index (χ3n) is 5.12. The van der Waals surface area contributed by atoms with Crippen LogP contribution in [0.4, 0.5) is 11.4 Å². The van der Waals surface area contributed by atoms with E-state index in [1.807, 2.05) is 44.2 Å². The summed E-state index contributed by atoms with van der Waals surface area (Å²) in [4.78, 5) is 19.8. The van der Waals surface area contributed by atoms with Gasteiger partial charge in [0.1, 0.15) is 0 Å². The highest BCUT2D eigenvalue weighted by atomic mass is 16.1. The van der Waals surface area contributed by atoms with E-state index in [0.29, 0.717) is 5.56 Å². The van der Waals surface area contributed by atoms with Crippen LogP contribution in [0.5, 0.6) is 0 Å². The molecule has 0 fully saturated rings. The van der Waals surface area contributed by atoms with E-state index in [1.54, 1.807) is 0 Å². The zero-order valence-corrected chi connectivity index (χ0v) is 15.5. The maximum atomic E-state index is 12.8. The number of anilines is 2. The first-order valence-electron chi connectivity index (χ1n) is 9.12. The second kappa shape index (κ2) is 6.45. The van der Waals surface area contributed by atoms with E-state index < -0.39 is 0 Å². The SMILES string of the molecule is CCN1CCc2ccc(NC(=O)c3cc4ccc(C)cc4nc3C)cc21. The monoisotopic (exact) mass is 345 g/mol. The minimum Gasteiger partial charge on any atom is -0.371 e. The summed E-state index contributed by atoms with van der Waals surface area (Å²) in [5.41, 5.74) is 6.87. The van der Waals surface area contributed by atoms with Crippen LogP contribution in [-0.2, 0) is 6.42 Å². The molecule has 26 heavy (non-hydrogen) atoms. The highest BCUT2D eigenvalue weighted by Crippen LogP contribution is 2.31. The van der Waals surface area contributed by atoms with Gasteiger partial charge in [0.05, 0.1) is 16.8 Å². The zero-order valence-electron chi connectivity index (χ0n) is 15.5. The Morgan fingerprint density at radius 1 is 1.15 bits per heavy atom. The number of hydrogen-bond acceptors (Lipinski definition) is 3. The summed E-state index contributed by atoms with van der Waals surface area (Å²) in [6.07, 6.45) is 1.07. The molecule has 132 valence electrons. The van der Waals surface area contributed by atoms with Gasteiger partial charge in [0, 0.05) is 29.9 Å². The van der Waals surface area contributed by atoms with Gasteiger partial charge in [-0.15, -0.1) is 0 Å². The zero-order chi connectivity index (χ0) is 18.3. The van der Waals surface area contributed by atoms with E-state index in [9.17, 15) is 4.79 Å². The molecule has 1 amide bonds.